The second-order valence-corrected chi connectivity index (χ2v) is 29.2. The molecule has 0 saturated heterocycles. The van der Waals surface area contributed by atoms with Crippen molar-refractivity contribution in [3.63, 3.8) is 0 Å². The average Bonchev–Trinajstić information content (AvgIpc) is 0.805. The predicted molar refractivity (Wildman–Crippen MR) is 422 cm³/mol. The lowest BCUT2D eigenvalue weighted by Gasteiger charge is -2.33. The predicted octanol–water partition coefficient (Wildman–Crippen LogP) is 13.3. The number of halogens is 12. The molecule has 28 nitrogen and oxygen atoms in total. The Labute approximate surface area is 687 Å². The molecule has 122 heavy (non-hydrogen) atoms. The van der Waals surface area contributed by atoms with Crippen LogP contribution in [0.15, 0.2) is 160 Å². The van der Waals surface area contributed by atoms with Crippen molar-refractivity contribution in [2.24, 2.45) is 0 Å². The van der Waals surface area contributed by atoms with E-state index in [1.54, 1.807) is 20.8 Å². The molecular weight excluding hydrogens is 1660 g/mol. The van der Waals surface area contributed by atoms with Crippen molar-refractivity contribution in [3.05, 3.63) is 245 Å². The number of carbonyl (C=O) groups is 6. The van der Waals surface area contributed by atoms with Crippen LogP contribution < -0.4 is 46.8 Å². The highest BCUT2D eigenvalue weighted by Crippen LogP contribution is 2.53. The van der Waals surface area contributed by atoms with Crippen molar-refractivity contribution < 1.29 is 114 Å². The van der Waals surface area contributed by atoms with E-state index in [9.17, 15) is 28.8 Å². The Bertz CT molecular complexity index is 5070. The maximum absolute atomic E-state index is 16.4. The molecule has 9 aromatic rings. The first-order valence-electron chi connectivity index (χ1n) is 37.0. The number of hydrogen-bond acceptors (Lipinski definition) is 19. The summed E-state index contributed by atoms with van der Waals surface area (Å²) in [6.45, 7) is 0.924. The minimum Gasteiger partial charge on any atom is -0.493 e. The fourth-order valence-corrected chi connectivity index (χ4v) is 13.1. The van der Waals surface area contributed by atoms with E-state index in [1.165, 1.54) is 93.8 Å². The number of carbonyl (C=O) groups excluding carboxylic acids is 6. The third-order valence-electron chi connectivity index (χ3n) is 17.6. The van der Waals surface area contributed by atoms with Crippen molar-refractivity contribution in [2.45, 2.75) is 58.6 Å². The first kappa shape index (κ1) is 93.4. The molecular formula is C81H81F12N12O16P. The summed E-state index contributed by atoms with van der Waals surface area (Å²) in [5.41, 5.74) is -12.1. The van der Waals surface area contributed by atoms with Crippen LogP contribution in [0.4, 0.5) is 69.7 Å². The highest BCUT2D eigenvalue weighted by atomic mass is 31.2. The number of phosphoric acid groups is 1. The van der Waals surface area contributed by atoms with Gasteiger partial charge in [-0.05, 0) is 169 Å². The lowest BCUT2D eigenvalue weighted by Crippen LogP contribution is -2.42. The molecule has 0 aliphatic rings. The standard InChI is InChI=1S/C81H81F12N12O16P/c1-10-116-67-40-70(106)94-43-61(67)46-13-16-49(64(82)31-46)34-73(109)97-58-28-52(25-55(37-58)79(85,86)87)76(112)103(22-19-100(4)5)119-122(115,120-104(23-20-101(6)7)77(113)53-26-56(80(88,89)90)38-59(29-53)98-74(110)35-50-17-14-47(32-65(50)83)62-44-95-71(107)41-68(62)117-11-2)121-105(24-21-102(8)9)78(114)54-27-57(81(91,92)93)39-60(30-54)99-75(111)36-51-18-15-48(33-66(51)84)63-45-96-72(108)42-69(63)118-12-3/h13-18,25-33,37-45H,10-12,19-24,34-36H2,1-9H3,(H,94,106)(H,95,107)(H,96,108)(H,97,109)(H,98,110)(H,99,111). The van der Waals surface area contributed by atoms with Crippen LogP contribution in [-0.4, -0.2) is 182 Å². The first-order chi connectivity index (χ1) is 57.4. The number of H-pyrrole nitrogens is 3. The zero-order valence-electron chi connectivity index (χ0n) is 66.5. The summed E-state index contributed by atoms with van der Waals surface area (Å²) in [4.78, 5) is 135. The molecule has 41 heteroatoms. The molecule has 0 aliphatic heterocycles. The molecule has 3 aromatic heterocycles. The fourth-order valence-electron chi connectivity index (χ4n) is 11.8. The summed E-state index contributed by atoms with van der Waals surface area (Å²) in [7, 11) is 1.73. The lowest BCUT2D eigenvalue weighted by atomic mass is 10.0. The number of benzene rings is 6. The van der Waals surface area contributed by atoms with E-state index >= 15 is 71.6 Å². The van der Waals surface area contributed by atoms with Gasteiger partial charge in [-0.3, -0.25) is 43.2 Å². The molecule has 9 rings (SSSR count). The maximum atomic E-state index is 16.4. The van der Waals surface area contributed by atoms with E-state index in [0.29, 0.717) is 36.4 Å². The van der Waals surface area contributed by atoms with Gasteiger partial charge in [-0.1, -0.05) is 36.4 Å². The van der Waals surface area contributed by atoms with E-state index in [4.69, 9.17) is 28.1 Å². The van der Waals surface area contributed by atoms with Crippen LogP contribution in [0, 0.1) is 17.5 Å². The minimum absolute atomic E-state index is 0.0213. The van der Waals surface area contributed by atoms with Crippen molar-refractivity contribution in [3.8, 4) is 50.6 Å². The molecule has 0 atom stereocenters. The molecule has 0 spiro atoms. The van der Waals surface area contributed by atoms with Crippen molar-refractivity contribution >= 4 is 60.3 Å². The molecule has 0 unspecified atom stereocenters. The SMILES string of the molecule is CCOc1cc(=O)[nH]cc1-c1ccc(CC(=O)Nc2cc(C(=O)N(CCN(C)C)OP(=O)(ON(CCN(C)C)C(=O)c3cc(NC(=O)Cc4ccc(-c5c[nH]c(=O)cc5OCC)cc4F)cc(C(F)(F)F)c3)ON(CCN(C)C)C(=O)c3cc(NC(=O)Cc4ccc(-c5c[nH]c(=O)cc5OCC)cc4F)cc(C(F)(F)F)c3)cc(C(F)(F)F)c2)c(F)c1. The van der Waals surface area contributed by atoms with E-state index in [-0.39, 0.29) is 121 Å². The van der Waals surface area contributed by atoms with Gasteiger partial charge >= 0.3 is 26.4 Å². The van der Waals surface area contributed by atoms with Crippen LogP contribution in [0.3, 0.4) is 0 Å². The first-order valence-corrected chi connectivity index (χ1v) is 38.4. The fraction of sp³-hybridized carbons (Fsp3) is 0.296. The zero-order chi connectivity index (χ0) is 89.5. The van der Waals surface area contributed by atoms with Gasteiger partial charge in [0, 0.05) is 107 Å². The van der Waals surface area contributed by atoms with Gasteiger partial charge in [0.1, 0.15) is 34.7 Å². The maximum Gasteiger partial charge on any atom is 0.540 e. The number of aromatic nitrogens is 3. The van der Waals surface area contributed by atoms with Gasteiger partial charge in [-0.25, -0.2) is 32.9 Å². The highest BCUT2D eigenvalue weighted by Gasteiger charge is 2.44. The number of ether oxygens (including phenoxy) is 3. The Morgan fingerprint density at radius 2 is 0.623 bits per heavy atom. The van der Waals surface area contributed by atoms with Gasteiger partial charge in [0.25, 0.3) is 34.4 Å². The van der Waals surface area contributed by atoms with Crippen molar-refractivity contribution in [1.29, 1.82) is 0 Å². The summed E-state index contributed by atoms with van der Waals surface area (Å²) in [5, 5.41) is 6.59. The minimum atomic E-state index is -6.55. The number of hydroxylamine groups is 6. The number of pyridine rings is 3. The molecule has 0 fully saturated rings. The molecule has 650 valence electrons. The van der Waals surface area contributed by atoms with Crippen LogP contribution in [0.1, 0.15) is 85.2 Å². The van der Waals surface area contributed by atoms with E-state index in [1.807, 2.05) is 0 Å². The smallest absolute Gasteiger partial charge is 0.493 e. The summed E-state index contributed by atoms with van der Waals surface area (Å²) in [6, 6.07) is 17.5. The van der Waals surface area contributed by atoms with Gasteiger partial charge in [0.05, 0.1) is 75.4 Å². The monoisotopic (exact) mass is 1740 g/mol. The van der Waals surface area contributed by atoms with Crippen LogP contribution >= 0.6 is 7.82 Å². The number of aromatic amines is 3. The van der Waals surface area contributed by atoms with Crippen LogP contribution in [-0.2, 0) is 70.6 Å². The summed E-state index contributed by atoms with van der Waals surface area (Å²) >= 11 is 0. The van der Waals surface area contributed by atoms with Gasteiger partial charge in [-0.15, -0.1) is 0 Å². The molecule has 3 heterocycles. The molecule has 0 aliphatic carbocycles. The quantitative estimate of drug-likeness (QED) is 0.0121. The normalized spacial score (nSPS) is 11.9. The van der Waals surface area contributed by atoms with Gasteiger partial charge in [-0.2, -0.15) is 53.4 Å². The molecule has 6 N–H and O–H groups in total. The van der Waals surface area contributed by atoms with Gasteiger partial charge in [0.15, 0.2) is 0 Å². The Kier molecular flexibility index (Phi) is 30.8. The number of likely N-dealkylation sites (N-methyl/N-ethyl adjacent to an activating group) is 3. The number of rotatable bonds is 36. The average molecular weight is 1740 g/mol. The van der Waals surface area contributed by atoms with E-state index in [2.05, 4.69) is 30.9 Å². The second kappa shape index (κ2) is 40.3. The number of nitrogens with one attached hydrogen (secondary N) is 6. The number of hydrogen-bond donors (Lipinski definition) is 6. The Morgan fingerprint density at radius 3 is 0.844 bits per heavy atom. The molecule has 6 aromatic carbocycles. The molecule has 6 amide bonds. The molecule has 0 radical (unpaired) electrons. The largest absolute Gasteiger partial charge is 0.540 e. The van der Waals surface area contributed by atoms with Gasteiger partial charge < -0.3 is 59.8 Å². The number of alkyl halides is 9. The number of anilines is 3. The third kappa shape index (κ3) is 25.6. The van der Waals surface area contributed by atoms with Crippen molar-refractivity contribution in [1.82, 2.24) is 44.8 Å². The van der Waals surface area contributed by atoms with Crippen LogP contribution in [0.25, 0.3) is 33.4 Å². The van der Waals surface area contributed by atoms with Crippen molar-refractivity contribution in [2.75, 3.05) is 117 Å². The summed E-state index contributed by atoms with van der Waals surface area (Å²) < 4.78 is 235. The van der Waals surface area contributed by atoms with Gasteiger partial charge in [0.2, 0.25) is 17.7 Å². The number of nitrogens with zero attached hydrogens (tertiary/aromatic N) is 6. The molecule has 0 bridgehead atoms. The summed E-state index contributed by atoms with van der Waals surface area (Å²) in [6.07, 6.45) is -15.1. The Morgan fingerprint density at radius 1 is 0.369 bits per heavy atom. The highest BCUT2D eigenvalue weighted by molar-refractivity contribution is 7.48. The second-order valence-electron chi connectivity index (χ2n) is 27.8. The van der Waals surface area contributed by atoms with Crippen LogP contribution in [0.5, 0.6) is 17.2 Å². The summed E-state index contributed by atoms with van der Waals surface area (Å²) in [5.74, 6) is -11.7. The number of amides is 6. The Balaban J connectivity index is 1.12. The molecule has 0 saturated carbocycles. The topological polar surface area (TPSA) is 329 Å². The zero-order valence-corrected chi connectivity index (χ0v) is 67.4. The van der Waals surface area contributed by atoms with E-state index < -0.39 is 205 Å². The Hall–Kier alpha value is -12.5. The van der Waals surface area contributed by atoms with E-state index in [0.717, 1.165) is 54.6 Å². The van der Waals surface area contributed by atoms with Crippen LogP contribution in [0.2, 0.25) is 0 Å². The lowest BCUT2D eigenvalue weighted by molar-refractivity contribution is -0.150. The third-order valence-corrected chi connectivity index (χ3v) is 18.8.